The zero-order chi connectivity index (χ0) is 20.1. The molecule has 146 valence electrons. The summed E-state index contributed by atoms with van der Waals surface area (Å²) in [6.45, 7) is 0.449. The summed E-state index contributed by atoms with van der Waals surface area (Å²) >= 11 is 0. The van der Waals surface area contributed by atoms with E-state index in [0.717, 1.165) is 17.8 Å². The molecule has 1 fully saturated rings. The summed E-state index contributed by atoms with van der Waals surface area (Å²) in [5, 5.41) is 2.86. The van der Waals surface area contributed by atoms with Crippen LogP contribution in [0.4, 0.5) is 3.89 Å². The molecule has 1 aliphatic heterocycles. The smallest absolute Gasteiger partial charge is 0.372 e. The van der Waals surface area contributed by atoms with Gasteiger partial charge in [-0.3, -0.25) is 9.78 Å². The molecule has 7 nitrogen and oxygen atoms in total. The Morgan fingerprint density at radius 1 is 1.36 bits per heavy atom. The number of terminal acetylenes is 1. The van der Waals surface area contributed by atoms with E-state index in [1.165, 1.54) is 6.07 Å². The van der Waals surface area contributed by atoms with Gasteiger partial charge in [0.2, 0.25) is 0 Å². The molecule has 1 amide bonds. The Hall–Kier alpha value is -2.96. The maximum absolute atomic E-state index is 12.8. The van der Waals surface area contributed by atoms with Crippen molar-refractivity contribution in [2.24, 2.45) is 0 Å². The molecule has 2 aromatic rings. The molecule has 0 unspecified atom stereocenters. The van der Waals surface area contributed by atoms with Crippen molar-refractivity contribution in [1.82, 2.24) is 10.3 Å². The summed E-state index contributed by atoms with van der Waals surface area (Å²) in [6.07, 6.45) is 7.88. The summed E-state index contributed by atoms with van der Waals surface area (Å²) in [6, 6.07) is 9.00. The van der Waals surface area contributed by atoms with Gasteiger partial charge in [0.1, 0.15) is 11.9 Å². The first kappa shape index (κ1) is 19.8. The second-order valence-electron chi connectivity index (χ2n) is 6.18. The van der Waals surface area contributed by atoms with Gasteiger partial charge in [0.15, 0.2) is 0 Å². The van der Waals surface area contributed by atoms with Crippen molar-refractivity contribution < 1.29 is 26.0 Å². The fourth-order valence-electron chi connectivity index (χ4n) is 2.95. The molecule has 2 atom stereocenters. The highest BCUT2D eigenvalue weighted by molar-refractivity contribution is 7.81. The van der Waals surface area contributed by atoms with E-state index in [4.69, 9.17) is 11.2 Å². The van der Waals surface area contributed by atoms with Gasteiger partial charge >= 0.3 is 10.5 Å². The average Bonchev–Trinajstić information content (AvgIpc) is 2.67. The zero-order valence-corrected chi connectivity index (χ0v) is 15.5. The standard InChI is InChI=1S/C19H17FN2O5S/c1-2-13-9-14(11-16(10-13)27-28(20,24)25)19(23)22-15-6-8-26-18(12-15)17-5-3-4-7-21-17/h1,3-5,7,9-11,15,18H,6,8,12H2,(H,22,23)/t15-,18-/m1/s1. The molecular formula is C19H17FN2O5S. The van der Waals surface area contributed by atoms with E-state index in [2.05, 4.69) is 20.4 Å². The topological polar surface area (TPSA) is 94.6 Å². The number of rotatable bonds is 5. The lowest BCUT2D eigenvalue weighted by molar-refractivity contribution is -0.00152. The second-order valence-corrected chi connectivity index (χ2v) is 7.13. The number of pyridine rings is 1. The van der Waals surface area contributed by atoms with Crippen molar-refractivity contribution in [1.29, 1.82) is 0 Å². The van der Waals surface area contributed by atoms with Gasteiger partial charge in [0, 0.05) is 30.0 Å². The molecular weight excluding hydrogens is 387 g/mol. The van der Waals surface area contributed by atoms with Crippen molar-refractivity contribution >= 4 is 16.4 Å². The van der Waals surface area contributed by atoms with E-state index in [1.54, 1.807) is 12.3 Å². The number of amides is 1. The number of carbonyl (C=O) groups is 1. The molecule has 1 aromatic carbocycles. The fourth-order valence-corrected chi connectivity index (χ4v) is 3.27. The fraction of sp³-hybridized carbons (Fsp3) is 0.263. The third kappa shape index (κ3) is 5.28. The Morgan fingerprint density at radius 2 is 2.18 bits per heavy atom. The van der Waals surface area contributed by atoms with Gasteiger partial charge in [-0.05, 0) is 43.2 Å². The molecule has 0 spiro atoms. The molecule has 0 aliphatic carbocycles. The molecule has 3 rings (SSSR count). The molecule has 1 aromatic heterocycles. The van der Waals surface area contributed by atoms with E-state index in [9.17, 15) is 17.1 Å². The molecule has 0 radical (unpaired) electrons. The number of nitrogens with one attached hydrogen (secondary N) is 1. The van der Waals surface area contributed by atoms with E-state index in [-0.39, 0.29) is 29.0 Å². The van der Waals surface area contributed by atoms with Gasteiger partial charge in [0.05, 0.1) is 5.69 Å². The Balaban J connectivity index is 1.73. The van der Waals surface area contributed by atoms with Crippen molar-refractivity contribution in [3.63, 3.8) is 0 Å². The van der Waals surface area contributed by atoms with Crippen LogP contribution in [0.5, 0.6) is 5.75 Å². The molecule has 1 N–H and O–H groups in total. The quantitative estimate of drug-likeness (QED) is 0.607. The van der Waals surface area contributed by atoms with Crippen molar-refractivity contribution in [3.05, 3.63) is 59.4 Å². The largest absolute Gasteiger partial charge is 0.488 e. The number of halogens is 1. The second kappa shape index (κ2) is 8.37. The minimum atomic E-state index is -5.23. The first-order chi connectivity index (χ1) is 13.3. The van der Waals surface area contributed by atoms with Crippen molar-refractivity contribution in [3.8, 4) is 18.1 Å². The summed E-state index contributed by atoms with van der Waals surface area (Å²) in [5.41, 5.74) is 1.03. The zero-order valence-electron chi connectivity index (χ0n) is 14.7. The van der Waals surface area contributed by atoms with E-state index in [0.29, 0.717) is 19.4 Å². The summed E-state index contributed by atoms with van der Waals surface area (Å²) in [7, 11) is -5.23. The van der Waals surface area contributed by atoms with E-state index in [1.807, 2.05) is 12.1 Å². The van der Waals surface area contributed by atoms with Gasteiger partial charge in [-0.1, -0.05) is 15.9 Å². The molecule has 1 saturated heterocycles. The lowest BCUT2D eigenvalue weighted by Crippen LogP contribution is -2.40. The lowest BCUT2D eigenvalue weighted by Gasteiger charge is -2.29. The van der Waals surface area contributed by atoms with Crippen LogP contribution < -0.4 is 9.50 Å². The average molecular weight is 404 g/mol. The summed E-state index contributed by atoms with van der Waals surface area (Å²) < 4.78 is 44.1. The number of carbonyl (C=O) groups excluding carboxylic acids is 1. The van der Waals surface area contributed by atoms with Crippen molar-refractivity contribution in [2.75, 3.05) is 6.61 Å². The summed E-state index contributed by atoms with van der Waals surface area (Å²) in [4.78, 5) is 16.9. The highest BCUT2D eigenvalue weighted by atomic mass is 32.3. The predicted octanol–water partition coefficient (Wildman–Crippen LogP) is 2.31. The van der Waals surface area contributed by atoms with Crippen LogP contribution in [0.3, 0.4) is 0 Å². The Bertz CT molecular complexity index is 1000. The van der Waals surface area contributed by atoms with Crippen LogP contribution in [0.25, 0.3) is 0 Å². The highest BCUT2D eigenvalue weighted by Crippen LogP contribution is 2.27. The Morgan fingerprint density at radius 3 is 2.86 bits per heavy atom. The minimum Gasteiger partial charge on any atom is -0.372 e. The maximum atomic E-state index is 12.8. The van der Waals surface area contributed by atoms with Crippen LogP contribution in [-0.2, 0) is 15.2 Å². The lowest BCUT2D eigenvalue weighted by atomic mass is 10.00. The molecule has 2 heterocycles. The van der Waals surface area contributed by atoms with E-state index < -0.39 is 16.4 Å². The van der Waals surface area contributed by atoms with Gasteiger partial charge in [0.25, 0.3) is 5.91 Å². The number of aromatic nitrogens is 1. The minimum absolute atomic E-state index is 0.0648. The van der Waals surface area contributed by atoms with Crippen LogP contribution in [0.2, 0.25) is 0 Å². The first-order valence-electron chi connectivity index (χ1n) is 8.43. The molecule has 1 aliphatic rings. The van der Waals surface area contributed by atoms with Gasteiger partial charge in [-0.15, -0.1) is 6.42 Å². The normalized spacial score (nSPS) is 19.4. The van der Waals surface area contributed by atoms with Gasteiger partial charge in [-0.2, -0.15) is 8.42 Å². The van der Waals surface area contributed by atoms with Crippen LogP contribution in [0.15, 0.2) is 42.6 Å². The van der Waals surface area contributed by atoms with E-state index >= 15 is 0 Å². The predicted molar refractivity (Wildman–Crippen MR) is 98.5 cm³/mol. The van der Waals surface area contributed by atoms with Crippen LogP contribution in [0.1, 0.15) is 40.6 Å². The number of hydrogen-bond acceptors (Lipinski definition) is 6. The summed E-state index contributed by atoms with van der Waals surface area (Å²) in [5.74, 6) is 1.42. The van der Waals surface area contributed by atoms with Crippen LogP contribution >= 0.6 is 0 Å². The SMILES string of the molecule is C#Cc1cc(OS(=O)(=O)F)cc(C(=O)N[C@@H]2CCO[C@@H](c3ccccn3)C2)c1. The maximum Gasteiger partial charge on any atom is 0.488 e. The van der Waals surface area contributed by atoms with Crippen LogP contribution in [-0.4, -0.2) is 32.0 Å². The number of hydrogen-bond donors (Lipinski definition) is 1. The first-order valence-corrected chi connectivity index (χ1v) is 9.74. The third-order valence-electron chi connectivity index (χ3n) is 4.17. The molecule has 28 heavy (non-hydrogen) atoms. The third-order valence-corrected chi connectivity index (χ3v) is 4.56. The van der Waals surface area contributed by atoms with Gasteiger partial charge < -0.3 is 14.2 Å². The van der Waals surface area contributed by atoms with Crippen molar-refractivity contribution in [2.45, 2.75) is 25.0 Å². The monoisotopic (exact) mass is 404 g/mol. The van der Waals surface area contributed by atoms with Crippen LogP contribution in [0, 0.1) is 12.3 Å². The molecule has 0 bridgehead atoms. The number of benzene rings is 1. The Kier molecular flexibility index (Phi) is 5.92. The molecule has 0 saturated carbocycles. The van der Waals surface area contributed by atoms with Gasteiger partial charge in [-0.25, -0.2) is 0 Å². The number of ether oxygens (including phenoxy) is 1. The Labute approximate surface area is 162 Å². The molecule has 9 heteroatoms. The highest BCUT2D eigenvalue weighted by Gasteiger charge is 2.26. The number of nitrogens with zero attached hydrogens (tertiary/aromatic N) is 1.